The number of carboxylic acids is 1. The van der Waals surface area contributed by atoms with E-state index in [1.165, 1.54) is 18.2 Å². The number of carbonyl (C=O) groups is 2. The first-order valence-electron chi connectivity index (χ1n) is 5.65. The number of aromatic carboxylic acids is 1. The predicted octanol–water partition coefficient (Wildman–Crippen LogP) is 3.42. The van der Waals surface area contributed by atoms with Crippen molar-refractivity contribution >= 4 is 40.6 Å². The molecule has 104 valence electrons. The summed E-state index contributed by atoms with van der Waals surface area (Å²) in [6.45, 7) is 0.394. The molecule has 2 aromatic rings. The zero-order chi connectivity index (χ0) is 14.5. The van der Waals surface area contributed by atoms with Crippen LogP contribution in [0.15, 0.2) is 35.0 Å². The van der Waals surface area contributed by atoms with Gasteiger partial charge in [-0.15, -0.1) is 0 Å². The van der Waals surface area contributed by atoms with E-state index in [2.05, 4.69) is 10.6 Å². The summed E-state index contributed by atoms with van der Waals surface area (Å²) in [6, 6.07) is 5.58. The van der Waals surface area contributed by atoms with Gasteiger partial charge in [0.05, 0.1) is 16.3 Å². The van der Waals surface area contributed by atoms with Gasteiger partial charge in [0.1, 0.15) is 0 Å². The van der Waals surface area contributed by atoms with E-state index in [0.717, 1.165) is 5.56 Å². The highest BCUT2D eigenvalue weighted by Gasteiger charge is 2.09. The number of benzene rings is 1. The van der Waals surface area contributed by atoms with Crippen LogP contribution >= 0.6 is 22.9 Å². The Kier molecular flexibility index (Phi) is 4.60. The van der Waals surface area contributed by atoms with Crippen molar-refractivity contribution in [2.24, 2.45) is 0 Å². The van der Waals surface area contributed by atoms with Crippen molar-refractivity contribution in [3.8, 4) is 0 Å². The molecule has 0 atom stereocenters. The van der Waals surface area contributed by atoms with Gasteiger partial charge in [-0.1, -0.05) is 11.6 Å². The molecule has 3 N–H and O–H groups in total. The lowest BCUT2D eigenvalue weighted by atomic mass is 10.2. The van der Waals surface area contributed by atoms with Crippen LogP contribution in [0.2, 0.25) is 5.02 Å². The molecular weight excluding hydrogens is 300 g/mol. The number of amides is 2. The number of nitrogens with one attached hydrogen (secondary N) is 2. The second kappa shape index (κ2) is 6.40. The first kappa shape index (κ1) is 14.4. The molecule has 1 aromatic heterocycles. The van der Waals surface area contributed by atoms with E-state index in [1.54, 1.807) is 11.3 Å². The molecule has 0 aliphatic heterocycles. The largest absolute Gasteiger partial charge is 0.478 e. The van der Waals surface area contributed by atoms with Crippen molar-refractivity contribution in [2.75, 3.05) is 5.32 Å². The van der Waals surface area contributed by atoms with E-state index in [1.807, 2.05) is 16.8 Å². The lowest BCUT2D eigenvalue weighted by Gasteiger charge is -2.09. The summed E-state index contributed by atoms with van der Waals surface area (Å²) in [5, 5.41) is 18.2. The second-order valence-electron chi connectivity index (χ2n) is 3.94. The number of anilines is 1. The van der Waals surface area contributed by atoms with Crippen molar-refractivity contribution in [2.45, 2.75) is 6.54 Å². The van der Waals surface area contributed by atoms with Crippen LogP contribution in [0.25, 0.3) is 0 Å². The van der Waals surface area contributed by atoms with Gasteiger partial charge in [0.2, 0.25) is 0 Å². The van der Waals surface area contributed by atoms with Crippen LogP contribution in [0.3, 0.4) is 0 Å². The molecule has 20 heavy (non-hydrogen) atoms. The normalized spacial score (nSPS) is 10.1. The Morgan fingerprint density at radius 1 is 1.30 bits per heavy atom. The average Bonchev–Trinajstić information content (AvgIpc) is 2.92. The molecule has 0 aliphatic rings. The van der Waals surface area contributed by atoms with Gasteiger partial charge in [-0.25, -0.2) is 9.59 Å². The Balaban J connectivity index is 2.00. The van der Waals surface area contributed by atoms with Crippen LogP contribution in [0.1, 0.15) is 15.9 Å². The van der Waals surface area contributed by atoms with Gasteiger partial charge in [0.25, 0.3) is 0 Å². The monoisotopic (exact) mass is 310 g/mol. The number of urea groups is 1. The Morgan fingerprint density at radius 3 is 2.75 bits per heavy atom. The summed E-state index contributed by atoms with van der Waals surface area (Å²) in [5.41, 5.74) is 1.31. The van der Waals surface area contributed by atoms with E-state index < -0.39 is 12.0 Å². The standard InChI is InChI=1S/C13H11ClN2O3S/c14-10-2-1-9(12(17)18)5-11(10)16-13(19)15-6-8-3-4-20-7-8/h1-5,7H,6H2,(H,17,18)(H2,15,16,19). The van der Waals surface area contributed by atoms with Gasteiger partial charge in [-0.2, -0.15) is 11.3 Å². The molecule has 0 aliphatic carbocycles. The van der Waals surface area contributed by atoms with Crippen molar-refractivity contribution in [3.05, 3.63) is 51.2 Å². The lowest BCUT2D eigenvalue weighted by Crippen LogP contribution is -2.28. The molecular formula is C13H11ClN2O3S. The predicted molar refractivity (Wildman–Crippen MR) is 78.6 cm³/mol. The van der Waals surface area contributed by atoms with Gasteiger partial charge >= 0.3 is 12.0 Å². The van der Waals surface area contributed by atoms with Crippen LogP contribution < -0.4 is 10.6 Å². The molecule has 2 rings (SSSR count). The third kappa shape index (κ3) is 3.72. The summed E-state index contributed by atoms with van der Waals surface area (Å²) in [5.74, 6) is -1.08. The SMILES string of the molecule is O=C(NCc1ccsc1)Nc1cc(C(=O)O)ccc1Cl. The van der Waals surface area contributed by atoms with Gasteiger partial charge in [0, 0.05) is 6.54 Å². The topological polar surface area (TPSA) is 78.4 Å². The molecule has 7 heteroatoms. The number of thiophene rings is 1. The minimum Gasteiger partial charge on any atom is -0.478 e. The van der Waals surface area contributed by atoms with Crippen LogP contribution in [-0.4, -0.2) is 17.1 Å². The van der Waals surface area contributed by atoms with E-state index in [9.17, 15) is 9.59 Å². The van der Waals surface area contributed by atoms with Crippen molar-refractivity contribution in [3.63, 3.8) is 0 Å². The zero-order valence-corrected chi connectivity index (χ0v) is 11.8. The van der Waals surface area contributed by atoms with Gasteiger partial charge in [0.15, 0.2) is 0 Å². The van der Waals surface area contributed by atoms with Crippen LogP contribution in [0, 0.1) is 0 Å². The fraction of sp³-hybridized carbons (Fsp3) is 0.0769. The summed E-state index contributed by atoms with van der Waals surface area (Å²) < 4.78 is 0. The van der Waals surface area contributed by atoms with E-state index in [0.29, 0.717) is 6.54 Å². The maximum atomic E-state index is 11.7. The van der Waals surface area contributed by atoms with Crippen molar-refractivity contribution in [1.82, 2.24) is 5.32 Å². The average molecular weight is 311 g/mol. The highest BCUT2D eigenvalue weighted by Crippen LogP contribution is 2.23. The maximum Gasteiger partial charge on any atom is 0.335 e. The first-order valence-corrected chi connectivity index (χ1v) is 6.97. The third-order valence-corrected chi connectivity index (χ3v) is 3.56. The molecule has 0 radical (unpaired) electrons. The third-order valence-electron chi connectivity index (χ3n) is 2.49. The maximum absolute atomic E-state index is 11.7. The molecule has 0 bridgehead atoms. The zero-order valence-electron chi connectivity index (χ0n) is 10.2. The smallest absolute Gasteiger partial charge is 0.335 e. The molecule has 0 spiro atoms. The molecule has 0 saturated heterocycles. The number of carbonyl (C=O) groups excluding carboxylic acids is 1. The number of rotatable bonds is 4. The highest BCUT2D eigenvalue weighted by atomic mass is 35.5. The number of carboxylic acid groups (broad SMARTS) is 1. The molecule has 0 unspecified atom stereocenters. The van der Waals surface area contributed by atoms with Crippen LogP contribution in [-0.2, 0) is 6.54 Å². The number of hydrogen-bond acceptors (Lipinski definition) is 3. The first-order chi connectivity index (χ1) is 9.56. The summed E-state index contributed by atoms with van der Waals surface area (Å²) >= 11 is 7.46. The van der Waals surface area contributed by atoms with E-state index in [-0.39, 0.29) is 16.3 Å². The number of hydrogen-bond donors (Lipinski definition) is 3. The van der Waals surface area contributed by atoms with Crippen molar-refractivity contribution < 1.29 is 14.7 Å². The summed E-state index contributed by atoms with van der Waals surface area (Å²) in [4.78, 5) is 22.6. The fourth-order valence-corrected chi connectivity index (χ4v) is 2.33. The Morgan fingerprint density at radius 2 is 2.10 bits per heavy atom. The highest BCUT2D eigenvalue weighted by molar-refractivity contribution is 7.07. The van der Waals surface area contributed by atoms with Crippen LogP contribution in [0.4, 0.5) is 10.5 Å². The van der Waals surface area contributed by atoms with Gasteiger partial charge in [-0.05, 0) is 40.6 Å². The quantitative estimate of drug-likeness (QED) is 0.809. The molecule has 5 nitrogen and oxygen atoms in total. The summed E-state index contributed by atoms with van der Waals surface area (Å²) in [6.07, 6.45) is 0. The van der Waals surface area contributed by atoms with Gasteiger partial charge in [-0.3, -0.25) is 0 Å². The fourth-order valence-electron chi connectivity index (χ4n) is 1.50. The number of halogens is 1. The van der Waals surface area contributed by atoms with Crippen LogP contribution in [0.5, 0.6) is 0 Å². The van der Waals surface area contributed by atoms with Crippen molar-refractivity contribution in [1.29, 1.82) is 0 Å². The Labute approximate surface area is 124 Å². The lowest BCUT2D eigenvalue weighted by molar-refractivity contribution is 0.0697. The molecule has 2 amide bonds. The molecule has 1 aromatic carbocycles. The van der Waals surface area contributed by atoms with Gasteiger partial charge < -0.3 is 15.7 Å². The second-order valence-corrected chi connectivity index (χ2v) is 5.13. The Hall–Kier alpha value is -2.05. The van der Waals surface area contributed by atoms with E-state index >= 15 is 0 Å². The Bertz CT molecular complexity index is 629. The van der Waals surface area contributed by atoms with E-state index in [4.69, 9.17) is 16.7 Å². The summed E-state index contributed by atoms with van der Waals surface area (Å²) in [7, 11) is 0. The molecule has 0 saturated carbocycles. The molecule has 1 heterocycles. The minimum atomic E-state index is -1.08. The minimum absolute atomic E-state index is 0.0579. The molecule has 0 fully saturated rings.